The molecule has 0 saturated carbocycles. The Morgan fingerprint density at radius 1 is 0.806 bits per heavy atom. The Morgan fingerprint density at radius 2 is 1.39 bits per heavy atom. The quantitative estimate of drug-likeness (QED) is 0.452. The summed E-state index contributed by atoms with van der Waals surface area (Å²) in [4.78, 5) is 15.0. The zero-order valence-corrected chi connectivity index (χ0v) is 22.0. The molecular weight excluding hydrogens is 522 g/mol. The van der Waals surface area contributed by atoms with Gasteiger partial charge in [0.15, 0.2) is 0 Å². The normalized spacial score (nSPS) is 15.0. The molecule has 1 amide bonds. The highest BCUT2D eigenvalue weighted by Gasteiger charge is 2.33. The Hall–Kier alpha value is -2.92. The molecule has 1 aliphatic heterocycles. The summed E-state index contributed by atoms with van der Waals surface area (Å²) in [5.41, 5.74) is 1.26. The molecule has 0 atom stereocenters. The van der Waals surface area contributed by atoms with E-state index in [0.717, 1.165) is 9.87 Å². The fourth-order valence-electron chi connectivity index (χ4n) is 3.90. The second-order valence-corrected chi connectivity index (χ2v) is 12.6. The van der Waals surface area contributed by atoms with Crippen LogP contribution in [0.15, 0.2) is 88.7 Å². The van der Waals surface area contributed by atoms with Crippen molar-refractivity contribution >= 4 is 43.2 Å². The summed E-state index contributed by atoms with van der Waals surface area (Å²) in [6, 6.07) is 20.7. The van der Waals surface area contributed by atoms with Gasteiger partial charge in [0, 0.05) is 31.2 Å². The van der Waals surface area contributed by atoms with Crippen LogP contribution in [0, 0.1) is 6.92 Å². The molecule has 3 aromatic carbocycles. The second-order valence-electron chi connectivity index (χ2n) is 8.40. The van der Waals surface area contributed by atoms with Gasteiger partial charge in [-0.05, 0) is 55.5 Å². The molecule has 0 bridgehead atoms. The van der Waals surface area contributed by atoms with Gasteiger partial charge >= 0.3 is 0 Å². The molecule has 8 nitrogen and oxygen atoms in total. The van der Waals surface area contributed by atoms with Crippen molar-refractivity contribution in [1.82, 2.24) is 9.21 Å². The third kappa shape index (κ3) is 5.57. The summed E-state index contributed by atoms with van der Waals surface area (Å²) in [7, 11) is -7.72. The molecule has 1 fully saturated rings. The summed E-state index contributed by atoms with van der Waals surface area (Å²) in [6.07, 6.45) is 0. The van der Waals surface area contributed by atoms with Gasteiger partial charge in [0.25, 0.3) is 10.0 Å². The van der Waals surface area contributed by atoms with E-state index in [1.807, 2.05) is 6.92 Å². The Balaban J connectivity index is 1.51. The van der Waals surface area contributed by atoms with Crippen LogP contribution in [0.2, 0.25) is 5.02 Å². The first-order chi connectivity index (χ1) is 17.1. The number of halogens is 1. The first-order valence-electron chi connectivity index (χ1n) is 11.3. The summed E-state index contributed by atoms with van der Waals surface area (Å²) in [5, 5.41) is 0.438. The number of amides is 1. The summed E-state index contributed by atoms with van der Waals surface area (Å²) < 4.78 is 55.2. The molecule has 36 heavy (non-hydrogen) atoms. The number of hydrogen-bond acceptors (Lipinski definition) is 5. The lowest BCUT2D eigenvalue weighted by Gasteiger charge is -2.35. The van der Waals surface area contributed by atoms with Crippen molar-refractivity contribution in [2.45, 2.75) is 16.7 Å². The van der Waals surface area contributed by atoms with Gasteiger partial charge in [-0.2, -0.15) is 4.31 Å². The predicted octanol–water partition coefficient (Wildman–Crippen LogP) is 3.38. The zero-order valence-electron chi connectivity index (χ0n) is 19.6. The van der Waals surface area contributed by atoms with E-state index in [9.17, 15) is 21.6 Å². The first kappa shape index (κ1) is 26.2. The van der Waals surface area contributed by atoms with E-state index < -0.39 is 32.5 Å². The molecule has 0 N–H and O–H groups in total. The number of rotatable bonds is 7. The third-order valence-electron chi connectivity index (χ3n) is 5.97. The maximum Gasteiger partial charge on any atom is 0.264 e. The largest absolute Gasteiger partial charge is 0.338 e. The SMILES string of the molecule is Cc1ccc(S(=O)(=O)N2CCN(C(=O)CN(c3ccc(Cl)cc3)S(=O)(=O)c3ccccc3)CC2)cc1. The Morgan fingerprint density at radius 3 is 1.97 bits per heavy atom. The molecule has 0 aromatic heterocycles. The average molecular weight is 548 g/mol. The topological polar surface area (TPSA) is 95.1 Å². The number of nitrogens with zero attached hydrogens (tertiary/aromatic N) is 3. The predicted molar refractivity (Wildman–Crippen MR) is 139 cm³/mol. The van der Waals surface area contributed by atoms with Gasteiger partial charge in [0.2, 0.25) is 15.9 Å². The third-order valence-corrected chi connectivity index (χ3v) is 9.93. The van der Waals surface area contributed by atoms with E-state index in [1.165, 1.54) is 21.3 Å². The first-order valence-corrected chi connectivity index (χ1v) is 14.5. The van der Waals surface area contributed by atoms with E-state index in [1.54, 1.807) is 66.7 Å². The van der Waals surface area contributed by atoms with Gasteiger partial charge in [-0.1, -0.05) is 47.5 Å². The van der Waals surface area contributed by atoms with Crippen molar-refractivity contribution in [1.29, 1.82) is 0 Å². The summed E-state index contributed by atoms with van der Waals surface area (Å²) >= 11 is 5.98. The minimum absolute atomic E-state index is 0.0572. The van der Waals surface area contributed by atoms with Crippen LogP contribution < -0.4 is 4.31 Å². The molecule has 1 saturated heterocycles. The van der Waals surface area contributed by atoms with E-state index in [4.69, 9.17) is 11.6 Å². The molecule has 0 unspecified atom stereocenters. The molecule has 1 heterocycles. The highest BCUT2D eigenvalue weighted by Crippen LogP contribution is 2.26. The van der Waals surface area contributed by atoms with Crippen LogP contribution in [-0.2, 0) is 24.8 Å². The van der Waals surface area contributed by atoms with Gasteiger partial charge in [-0.15, -0.1) is 0 Å². The number of hydrogen-bond donors (Lipinski definition) is 0. The van der Waals surface area contributed by atoms with Gasteiger partial charge in [-0.25, -0.2) is 16.8 Å². The van der Waals surface area contributed by atoms with Crippen LogP contribution in [0.5, 0.6) is 0 Å². The van der Waals surface area contributed by atoms with Crippen LogP contribution in [-0.4, -0.2) is 64.7 Å². The molecular formula is C25H26ClN3O5S2. The monoisotopic (exact) mass is 547 g/mol. The number of carbonyl (C=O) groups excluding carboxylic acids is 1. The molecule has 0 spiro atoms. The van der Waals surface area contributed by atoms with Gasteiger partial charge < -0.3 is 4.90 Å². The highest BCUT2D eigenvalue weighted by molar-refractivity contribution is 7.92. The van der Waals surface area contributed by atoms with E-state index >= 15 is 0 Å². The van der Waals surface area contributed by atoms with Crippen molar-refractivity contribution < 1.29 is 21.6 Å². The van der Waals surface area contributed by atoms with Crippen LogP contribution in [0.25, 0.3) is 0 Å². The van der Waals surface area contributed by atoms with Gasteiger partial charge in [0.1, 0.15) is 6.54 Å². The maximum absolute atomic E-state index is 13.4. The molecule has 0 radical (unpaired) electrons. The fraction of sp³-hybridized carbons (Fsp3) is 0.240. The Labute approximate surface area is 216 Å². The molecule has 0 aliphatic carbocycles. The Bertz CT molecular complexity index is 1420. The van der Waals surface area contributed by atoms with Crippen molar-refractivity contribution in [3.8, 4) is 0 Å². The number of carbonyl (C=O) groups is 1. The number of sulfonamides is 2. The van der Waals surface area contributed by atoms with E-state index in [-0.39, 0.29) is 36.0 Å². The number of aryl methyl sites for hydroxylation is 1. The smallest absolute Gasteiger partial charge is 0.264 e. The van der Waals surface area contributed by atoms with Crippen molar-refractivity contribution in [3.05, 3.63) is 89.4 Å². The Kier molecular flexibility index (Phi) is 7.70. The highest BCUT2D eigenvalue weighted by atomic mass is 35.5. The van der Waals surface area contributed by atoms with Gasteiger partial charge in [0.05, 0.1) is 15.5 Å². The molecule has 1 aliphatic rings. The molecule has 4 rings (SSSR count). The van der Waals surface area contributed by atoms with Crippen LogP contribution in [0.3, 0.4) is 0 Å². The molecule has 11 heteroatoms. The lowest BCUT2D eigenvalue weighted by atomic mass is 10.2. The number of anilines is 1. The molecule has 3 aromatic rings. The summed E-state index contributed by atoms with van der Waals surface area (Å²) in [6.45, 7) is 2.01. The second kappa shape index (κ2) is 10.6. The molecule has 190 valence electrons. The standard InChI is InChI=1S/C25H26ClN3O5S2/c1-20-7-13-24(14-8-20)35(31,32)28-17-15-27(16-18-28)25(30)19-29(22-11-9-21(26)10-12-22)36(33,34)23-5-3-2-4-6-23/h2-14H,15-19H2,1H3. The summed E-state index contributed by atoms with van der Waals surface area (Å²) in [5.74, 6) is -0.420. The van der Waals surface area contributed by atoms with Crippen LogP contribution >= 0.6 is 11.6 Å². The van der Waals surface area contributed by atoms with Crippen molar-refractivity contribution in [3.63, 3.8) is 0 Å². The minimum atomic E-state index is -4.04. The van der Waals surface area contributed by atoms with Crippen molar-refractivity contribution in [2.24, 2.45) is 0 Å². The van der Waals surface area contributed by atoms with Crippen LogP contribution in [0.4, 0.5) is 5.69 Å². The van der Waals surface area contributed by atoms with Gasteiger partial charge in [-0.3, -0.25) is 9.10 Å². The lowest BCUT2D eigenvalue weighted by molar-refractivity contribution is -0.130. The van der Waals surface area contributed by atoms with E-state index in [0.29, 0.717) is 10.7 Å². The minimum Gasteiger partial charge on any atom is -0.338 e. The zero-order chi connectivity index (χ0) is 25.9. The van der Waals surface area contributed by atoms with Crippen molar-refractivity contribution in [2.75, 3.05) is 37.0 Å². The van der Waals surface area contributed by atoms with E-state index in [2.05, 4.69) is 0 Å². The fourth-order valence-corrected chi connectivity index (χ4v) is 6.89. The van der Waals surface area contributed by atoms with Crippen LogP contribution in [0.1, 0.15) is 5.56 Å². The number of benzene rings is 3. The average Bonchev–Trinajstić information content (AvgIpc) is 2.88. The lowest BCUT2D eigenvalue weighted by Crippen LogP contribution is -2.53. The number of piperazine rings is 1. The maximum atomic E-state index is 13.4.